The van der Waals surface area contributed by atoms with Crippen molar-refractivity contribution in [3.05, 3.63) is 24.0 Å². The SMILES string of the molecule is COC(C)(C)CNCc1cc[nH]c1. The predicted octanol–water partition coefficient (Wildman–Crippen LogP) is 1.53. The minimum atomic E-state index is -0.0870. The molecule has 0 bridgehead atoms. The summed E-state index contributed by atoms with van der Waals surface area (Å²) in [6.07, 6.45) is 3.92. The first-order chi connectivity index (χ1) is 6.14. The number of ether oxygens (including phenoxy) is 1. The number of methoxy groups -OCH3 is 1. The van der Waals surface area contributed by atoms with Gasteiger partial charge in [-0.25, -0.2) is 0 Å². The molecule has 1 aromatic rings. The van der Waals surface area contributed by atoms with E-state index in [4.69, 9.17) is 4.74 Å². The molecule has 2 N–H and O–H groups in total. The summed E-state index contributed by atoms with van der Waals surface area (Å²) in [7, 11) is 1.73. The van der Waals surface area contributed by atoms with E-state index in [0.29, 0.717) is 0 Å². The van der Waals surface area contributed by atoms with Gasteiger partial charge in [-0.1, -0.05) is 0 Å². The van der Waals surface area contributed by atoms with Crippen molar-refractivity contribution in [2.24, 2.45) is 0 Å². The zero-order chi connectivity index (χ0) is 9.73. The van der Waals surface area contributed by atoms with Gasteiger partial charge in [0.25, 0.3) is 0 Å². The molecule has 3 heteroatoms. The molecule has 0 saturated heterocycles. The third-order valence-electron chi connectivity index (χ3n) is 2.09. The first-order valence-electron chi connectivity index (χ1n) is 4.51. The fourth-order valence-electron chi connectivity index (χ4n) is 1.05. The van der Waals surface area contributed by atoms with Crippen molar-refractivity contribution < 1.29 is 4.74 Å². The van der Waals surface area contributed by atoms with Gasteiger partial charge in [0, 0.05) is 32.6 Å². The van der Waals surface area contributed by atoms with Crippen LogP contribution in [0.15, 0.2) is 18.5 Å². The van der Waals surface area contributed by atoms with Crippen LogP contribution >= 0.6 is 0 Å². The first kappa shape index (κ1) is 10.3. The minimum absolute atomic E-state index is 0.0870. The Morgan fingerprint density at radius 1 is 1.54 bits per heavy atom. The Hall–Kier alpha value is -0.800. The minimum Gasteiger partial charge on any atom is -0.377 e. The van der Waals surface area contributed by atoms with Crippen molar-refractivity contribution in [3.8, 4) is 0 Å². The molecule has 0 fully saturated rings. The van der Waals surface area contributed by atoms with Gasteiger partial charge < -0.3 is 15.0 Å². The van der Waals surface area contributed by atoms with Gasteiger partial charge in [-0.15, -0.1) is 0 Å². The number of hydrogen-bond acceptors (Lipinski definition) is 2. The van der Waals surface area contributed by atoms with Crippen LogP contribution in [0.1, 0.15) is 19.4 Å². The third kappa shape index (κ3) is 3.61. The Bertz CT molecular complexity index is 229. The Morgan fingerprint density at radius 3 is 2.85 bits per heavy atom. The van der Waals surface area contributed by atoms with Crippen molar-refractivity contribution >= 4 is 0 Å². The van der Waals surface area contributed by atoms with E-state index in [1.54, 1.807) is 7.11 Å². The second kappa shape index (κ2) is 4.44. The Morgan fingerprint density at radius 2 is 2.31 bits per heavy atom. The fourth-order valence-corrected chi connectivity index (χ4v) is 1.05. The van der Waals surface area contributed by atoms with Crippen LogP contribution in [0.25, 0.3) is 0 Å². The molecule has 1 aromatic heterocycles. The molecule has 0 amide bonds. The van der Waals surface area contributed by atoms with E-state index in [1.165, 1.54) is 5.56 Å². The van der Waals surface area contributed by atoms with Crippen LogP contribution in [0, 0.1) is 0 Å². The second-order valence-electron chi connectivity index (χ2n) is 3.79. The maximum atomic E-state index is 5.29. The van der Waals surface area contributed by atoms with Crippen molar-refractivity contribution in [1.29, 1.82) is 0 Å². The van der Waals surface area contributed by atoms with Gasteiger partial charge in [0.15, 0.2) is 0 Å². The monoisotopic (exact) mass is 182 g/mol. The van der Waals surface area contributed by atoms with E-state index >= 15 is 0 Å². The van der Waals surface area contributed by atoms with Crippen molar-refractivity contribution in [3.63, 3.8) is 0 Å². The smallest absolute Gasteiger partial charge is 0.0746 e. The number of aromatic nitrogens is 1. The molecule has 0 aromatic carbocycles. The van der Waals surface area contributed by atoms with Crippen LogP contribution < -0.4 is 5.32 Å². The normalized spacial score (nSPS) is 11.9. The first-order valence-corrected chi connectivity index (χ1v) is 4.51. The average Bonchev–Trinajstić information content (AvgIpc) is 2.57. The molecule has 0 aliphatic carbocycles. The average molecular weight is 182 g/mol. The van der Waals surface area contributed by atoms with Gasteiger partial charge in [0.2, 0.25) is 0 Å². The van der Waals surface area contributed by atoms with Gasteiger partial charge in [-0.05, 0) is 25.5 Å². The number of rotatable bonds is 5. The van der Waals surface area contributed by atoms with E-state index in [9.17, 15) is 0 Å². The summed E-state index contributed by atoms with van der Waals surface area (Å²) in [6, 6.07) is 2.06. The lowest BCUT2D eigenvalue weighted by Crippen LogP contribution is -2.36. The summed E-state index contributed by atoms with van der Waals surface area (Å²) in [5.41, 5.74) is 1.18. The lowest BCUT2D eigenvalue weighted by molar-refractivity contribution is 0.0231. The van der Waals surface area contributed by atoms with Crippen molar-refractivity contribution in [2.45, 2.75) is 26.0 Å². The third-order valence-corrected chi connectivity index (χ3v) is 2.09. The molecule has 0 atom stereocenters. The zero-order valence-electron chi connectivity index (χ0n) is 8.55. The summed E-state index contributed by atoms with van der Waals surface area (Å²) in [5.74, 6) is 0. The van der Waals surface area contributed by atoms with Gasteiger partial charge in [0.05, 0.1) is 5.60 Å². The van der Waals surface area contributed by atoms with Crippen LogP contribution in [0.5, 0.6) is 0 Å². The van der Waals surface area contributed by atoms with E-state index in [-0.39, 0.29) is 5.60 Å². The zero-order valence-corrected chi connectivity index (χ0v) is 8.55. The largest absolute Gasteiger partial charge is 0.377 e. The lowest BCUT2D eigenvalue weighted by atomic mass is 10.1. The molecule has 74 valence electrons. The van der Waals surface area contributed by atoms with Crippen LogP contribution in [-0.4, -0.2) is 24.2 Å². The highest BCUT2D eigenvalue weighted by Gasteiger charge is 2.14. The topological polar surface area (TPSA) is 37.0 Å². The van der Waals surface area contributed by atoms with Crippen molar-refractivity contribution in [2.75, 3.05) is 13.7 Å². The number of hydrogen-bond donors (Lipinski definition) is 2. The Labute approximate surface area is 79.5 Å². The quantitative estimate of drug-likeness (QED) is 0.724. The summed E-state index contributed by atoms with van der Waals surface area (Å²) >= 11 is 0. The molecule has 0 saturated carbocycles. The molecule has 0 unspecified atom stereocenters. The maximum absolute atomic E-state index is 5.29. The van der Waals surface area contributed by atoms with E-state index in [1.807, 2.05) is 12.4 Å². The molecular formula is C10H18N2O. The molecular weight excluding hydrogens is 164 g/mol. The highest BCUT2D eigenvalue weighted by molar-refractivity contribution is 5.07. The summed E-state index contributed by atoms with van der Waals surface area (Å²) in [6.45, 7) is 5.87. The van der Waals surface area contributed by atoms with E-state index in [2.05, 4.69) is 30.2 Å². The standard InChI is InChI=1S/C10H18N2O/c1-10(2,13-3)8-12-7-9-4-5-11-6-9/h4-6,11-12H,7-8H2,1-3H3. The molecule has 13 heavy (non-hydrogen) atoms. The number of H-pyrrole nitrogens is 1. The van der Waals surface area contributed by atoms with E-state index in [0.717, 1.165) is 13.1 Å². The second-order valence-corrected chi connectivity index (χ2v) is 3.79. The lowest BCUT2D eigenvalue weighted by Gasteiger charge is -2.23. The van der Waals surface area contributed by atoms with Crippen LogP contribution in [0.2, 0.25) is 0 Å². The molecule has 3 nitrogen and oxygen atoms in total. The highest BCUT2D eigenvalue weighted by Crippen LogP contribution is 2.05. The van der Waals surface area contributed by atoms with E-state index < -0.39 is 0 Å². The number of aromatic amines is 1. The van der Waals surface area contributed by atoms with Crippen LogP contribution in [0.4, 0.5) is 0 Å². The molecule has 0 radical (unpaired) electrons. The highest BCUT2D eigenvalue weighted by atomic mass is 16.5. The fraction of sp³-hybridized carbons (Fsp3) is 0.600. The Kier molecular flexibility index (Phi) is 3.51. The molecule has 0 aliphatic heterocycles. The summed E-state index contributed by atoms with van der Waals surface area (Å²) in [4.78, 5) is 3.02. The van der Waals surface area contributed by atoms with Crippen LogP contribution in [-0.2, 0) is 11.3 Å². The molecule has 1 heterocycles. The van der Waals surface area contributed by atoms with Crippen molar-refractivity contribution in [1.82, 2.24) is 10.3 Å². The van der Waals surface area contributed by atoms with Gasteiger partial charge in [0.1, 0.15) is 0 Å². The van der Waals surface area contributed by atoms with Gasteiger partial charge in [-0.2, -0.15) is 0 Å². The Balaban J connectivity index is 2.21. The summed E-state index contributed by atoms with van der Waals surface area (Å²) in [5, 5.41) is 3.33. The maximum Gasteiger partial charge on any atom is 0.0746 e. The molecule has 1 rings (SSSR count). The summed E-state index contributed by atoms with van der Waals surface area (Å²) < 4.78 is 5.29. The van der Waals surface area contributed by atoms with Crippen LogP contribution in [0.3, 0.4) is 0 Å². The molecule has 0 spiro atoms. The molecule has 0 aliphatic rings. The van der Waals surface area contributed by atoms with Gasteiger partial charge >= 0.3 is 0 Å². The van der Waals surface area contributed by atoms with Gasteiger partial charge in [-0.3, -0.25) is 0 Å². The predicted molar refractivity (Wildman–Crippen MR) is 53.6 cm³/mol. The number of nitrogens with one attached hydrogen (secondary N) is 2.